The van der Waals surface area contributed by atoms with Crippen molar-refractivity contribution in [3.8, 4) is 0 Å². The first-order valence-corrected chi connectivity index (χ1v) is 7.34. The first-order valence-electron chi connectivity index (χ1n) is 6.29. The number of aliphatic imine (C=N–C) groups is 1. The molecule has 1 heterocycles. The maximum atomic E-state index is 11.3. The quantitative estimate of drug-likeness (QED) is 0.515. The topological polar surface area (TPSA) is 122 Å². The van der Waals surface area contributed by atoms with Crippen LogP contribution in [0.3, 0.4) is 0 Å². The van der Waals surface area contributed by atoms with Gasteiger partial charge in [-0.25, -0.2) is 4.99 Å². The number of aliphatic carboxylic acids is 1. The number of thioether (sulfide) groups is 1. The Balaban J connectivity index is 0.000000547. The number of rotatable bonds is 6. The van der Waals surface area contributed by atoms with E-state index in [-0.39, 0.29) is 12.1 Å². The highest BCUT2D eigenvalue weighted by molar-refractivity contribution is 8.13. The van der Waals surface area contributed by atoms with Crippen LogP contribution in [0.25, 0.3) is 0 Å². The van der Waals surface area contributed by atoms with Crippen molar-refractivity contribution in [2.24, 2.45) is 10.7 Å². The lowest BCUT2D eigenvalue weighted by Crippen LogP contribution is -2.40. The lowest BCUT2D eigenvalue weighted by molar-refractivity contribution is -0.161. The Morgan fingerprint density at radius 1 is 1.57 bits per heavy atom. The van der Waals surface area contributed by atoms with Gasteiger partial charge in [-0.15, -0.1) is 11.8 Å². The first kappa shape index (κ1) is 19.6. The predicted octanol–water partition coefficient (Wildman–Crippen LogP) is -0.0826. The number of ether oxygens (including phenoxy) is 1. The van der Waals surface area contributed by atoms with Gasteiger partial charge in [0.2, 0.25) is 0 Å². The number of hydrogen-bond acceptors (Lipinski definition) is 7. The van der Waals surface area contributed by atoms with Crippen LogP contribution in [0.5, 0.6) is 0 Å². The summed E-state index contributed by atoms with van der Waals surface area (Å²) in [6, 6.07) is -1.10. The molecule has 0 fully saturated rings. The van der Waals surface area contributed by atoms with Crippen LogP contribution in [0.2, 0.25) is 0 Å². The third-order valence-electron chi connectivity index (χ3n) is 2.35. The summed E-state index contributed by atoms with van der Waals surface area (Å²) >= 11 is 1.44. The molecule has 3 N–H and O–H groups in total. The van der Waals surface area contributed by atoms with Gasteiger partial charge in [-0.05, 0) is 20.5 Å². The molecule has 2 unspecified atom stereocenters. The van der Waals surface area contributed by atoms with Crippen LogP contribution in [0.1, 0.15) is 19.8 Å². The number of amides is 1. The smallest absolute Gasteiger partial charge is 0.325 e. The molecule has 1 aliphatic rings. The first-order chi connectivity index (χ1) is 9.77. The summed E-state index contributed by atoms with van der Waals surface area (Å²) in [6.07, 6.45) is -0.154. The highest BCUT2D eigenvalue weighted by atomic mass is 32.2. The van der Waals surface area contributed by atoms with Gasteiger partial charge in [0.05, 0.1) is 17.7 Å². The molecular formula is C12H21N3O5S. The second-order valence-electron chi connectivity index (χ2n) is 4.41. The van der Waals surface area contributed by atoms with Crippen molar-refractivity contribution in [2.45, 2.75) is 32.0 Å². The lowest BCUT2D eigenvalue weighted by atomic mass is 10.2. The average molecular weight is 319 g/mol. The minimum absolute atomic E-state index is 0.0139. The Morgan fingerprint density at radius 3 is 2.48 bits per heavy atom. The number of hydrogen-bond donors (Lipinski definition) is 2. The van der Waals surface area contributed by atoms with Gasteiger partial charge in [0.15, 0.2) is 6.23 Å². The SMILES string of the molecule is CCC(OC(=O)C(N)CC(=O)O)N(C)C.O=C1CSC=N1. The Hall–Kier alpha value is -1.45. The van der Waals surface area contributed by atoms with E-state index in [9.17, 15) is 14.4 Å². The highest BCUT2D eigenvalue weighted by Gasteiger charge is 2.22. The van der Waals surface area contributed by atoms with E-state index in [0.29, 0.717) is 12.2 Å². The molecule has 9 heteroatoms. The molecule has 0 aliphatic carbocycles. The van der Waals surface area contributed by atoms with Gasteiger partial charge in [-0.3, -0.25) is 19.3 Å². The van der Waals surface area contributed by atoms with Crippen molar-refractivity contribution in [1.29, 1.82) is 0 Å². The molecule has 1 amide bonds. The fourth-order valence-corrected chi connectivity index (χ4v) is 1.77. The van der Waals surface area contributed by atoms with E-state index in [4.69, 9.17) is 15.6 Å². The van der Waals surface area contributed by atoms with Crippen molar-refractivity contribution < 1.29 is 24.2 Å². The largest absolute Gasteiger partial charge is 0.481 e. The molecule has 0 aromatic heterocycles. The van der Waals surface area contributed by atoms with Crippen LogP contribution in [0.15, 0.2) is 4.99 Å². The zero-order valence-corrected chi connectivity index (χ0v) is 13.1. The van der Waals surface area contributed by atoms with Gasteiger partial charge in [-0.2, -0.15) is 0 Å². The van der Waals surface area contributed by atoms with E-state index in [2.05, 4.69) is 4.99 Å². The van der Waals surface area contributed by atoms with Gasteiger partial charge in [0.1, 0.15) is 6.04 Å². The van der Waals surface area contributed by atoms with Gasteiger partial charge >= 0.3 is 11.9 Å². The third kappa shape index (κ3) is 9.16. The standard InChI is InChI=1S/C9H18N2O4.C3H3NOS/c1-4-7(11(2)3)15-9(14)6(10)5-8(12)13;5-3-1-6-2-4-3/h6-7H,4-5,10H2,1-3H3,(H,12,13);2H,1H2. The van der Waals surface area contributed by atoms with Crippen molar-refractivity contribution in [1.82, 2.24) is 4.90 Å². The molecule has 120 valence electrons. The Kier molecular flexibility index (Phi) is 9.59. The number of carboxylic acids is 1. The highest BCUT2D eigenvalue weighted by Crippen LogP contribution is 2.04. The number of carbonyl (C=O) groups is 3. The zero-order valence-electron chi connectivity index (χ0n) is 12.3. The van der Waals surface area contributed by atoms with Crippen LogP contribution < -0.4 is 5.73 Å². The molecule has 1 aliphatic heterocycles. The van der Waals surface area contributed by atoms with Crippen LogP contribution >= 0.6 is 11.8 Å². The van der Waals surface area contributed by atoms with Crippen LogP contribution in [-0.2, 0) is 19.1 Å². The van der Waals surface area contributed by atoms with E-state index in [1.165, 1.54) is 11.8 Å². The molecule has 1 rings (SSSR count). The molecular weight excluding hydrogens is 298 g/mol. The lowest BCUT2D eigenvalue weighted by Gasteiger charge is -2.24. The minimum atomic E-state index is -1.11. The molecule has 21 heavy (non-hydrogen) atoms. The molecule has 0 saturated heterocycles. The Bertz CT molecular complexity index is 400. The van der Waals surface area contributed by atoms with Crippen LogP contribution in [-0.4, -0.2) is 65.5 Å². The van der Waals surface area contributed by atoms with Crippen molar-refractivity contribution >= 4 is 35.2 Å². The van der Waals surface area contributed by atoms with Crippen molar-refractivity contribution in [2.75, 3.05) is 19.8 Å². The zero-order chi connectivity index (χ0) is 16.4. The fraction of sp³-hybridized carbons (Fsp3) is 0.667. The van der Waals surface area contributed by atoms with Gasteiger partial charge in [0.25, 0.3) is 5.91 Å². The molecule has 0 bridgehead atoms. The Morgan fingerprint density at radius 2 is 2.19 bits per heavy atom. The van der Waals surface area contributed by atoms with E-state index in [1.54, 1.807) is 24.5 Å². The number of carboxylic acid groups (broad SMARTS) is 1. The van der Waals surface area contributed by atoms with E-state index >= 15 is 0 Å². The van der Waals surface area contributed by atoms with Gasteiger partial charge in [-0.1, -0.05) is 6.92 Å². The Labute approximate surface area is 127 Å². The molecule has 0 aromatic carbocycles. The summed E-state index contributed by atoms with van der Waals surface area (Å²) in [4.78, 5) is 36.8. The maximum Gasteiger partial charge on any atom is 0.325 e. The summed E-state index contributed by atoms with van der Waals surface area (Å²) in [5.74, 6) is -1.27. The van der Waals surface area contributed by atoms with Gasteiger partial charge < -0.3 is 15.6 Å². The molecule has 8 nitrogen and oxygen atoms in total. The summed E-state index contributed by atoms with van der Waals surface area (Å²) in [5, 5.41) is 8.44. The van der Waals surface area contributed by atoms with E-state index in [1.807, 2.05) is 6.92 Å². The predicted molar refractivity (Wildman–Crippen MR) is 80.0 cm³/mol. The number of esters is 1. The van der Waals surface area contributed by atoms with Crippen molar-refractivity contribution in [3.05, 3.63) is 0 Å². The fourth-order valence-electron chi connectivity index (χ4n) is 1.29. The maximum absolute atomic E-state index is 11.3. The molecule has 0 aromatic rings. The van der Waals surface area contributed by atoms with Crippen LogP contribution in [0.4, 0.5) is 0 Å². The number of carbonyl (C=O) groups excluding carboxylic acids is 2. The minimum Gasteiger partial charge on any atom is -0.481 e. The molecule has 2 atom stereocenters. The van der Waals surface area contributed by atoms with E-state index < -0.39 is 24.4 Å². The molecule has 0 saturated carbocycles. The van der Waals surface area contributed by atoms with Crippen LogP contribution in [0, 0.1) is 0 Å². The summed E-state index contributed by atoms with van der Waals surface area (Å²) < 4.78 is 5.02. The van der Waals surface area contributed by atoms with E-state index in [0.717, 1.165) is 0 Å². The normalized spacial score (nSPS) is 16.1. The second kappa shape index (κ2) is 10.3. The number of nitrogens with zero attached hydrogens (tertiary/aromatic N) is 2. The van der Waals surface area contributed by atoms with Crippen molar-refractivity contribution in [3.63, 3.8) is 0 Å². The summed E-state index contributed by atoms with van der Waals surface area (Å²) in [7, 11) is 3.54. The summed E-state index contributed by atoms with van der Waals surface area (Å²) in [6.45, 7) is 1.86. The third-order valence-corrected chi connectivity index (χ3v) is 3.02. The van der Waals surface area contributed by atoms with Gasteiger partial charge in [0, 0.05) is 0 Å². The monoisotopic (exact) mass is 319 g/mol. The average Bonchev–Trinajstić information content (AvgIpc) is 2.86. The molecule has 0 spiro atoms. The molecule has 0 radical (unpaired) electrons. The number of nitrogens with two attached hydrogens (primary N) is 1. The summed E-state index contributed by atoms with van der Waals surface area (Å²) in [5.41, 5.74) is 6.92. The second-order valence-corrected chi connectivity index (χ2v) is 5.24.